The molecule has 2 aromatic heterocycles. The van der Waals surface area contributed by atoms with Crippen LogP contribution in [0.25, 0.3) is 11.2 Å². The minimum Gasteiger partial charge on any atom is -0.387 e. The molecule has 2 aromatic rings. The number of imidazole rings is 1. The van der Waals surface area contributed by atoms with E-state index in [1.807, 2.05) is 0 Å². The average molecular weight is 522 g/mol. The lowest BCUT2D eigenvalue weighted by atomic mass is 10.1. The monoisotopic (exact) mass is 522 g/mol. The number of ether oxygens (including phenoxy) is 1. The maximum atomic E-state index is 11.8. The molecular weight excluding hydrogens is 505 g/mol. The van der Waals surface area contributed by atoms with Gasteiger partial charge in [0.25, 0.3) is 0 Å². The number of nitrogens with zero attached hydrogens (tertiary/aromatic N) is 4. The molecule has 19 nitrogen and oxygen atoms in total. The first-order chi connectivity index (χ1) is 14.5. The molecule has 1 aliphatic rings. The van der Waals surface area contributed by atoms with Gasteiger partial charge in [0.2, 0.25) is 5.85 Å². The third-order valence-electron chi connectivity index (χ3n) is 4.02. The number of fused-ring (bicyclic) bond motifs is 1. The predicted octanol–water partition coefficient (Wildman–Crippen LogP) is -2.56. The Morgan fingerprint density at radius 2 is 1.75 bits per heavy atom. The molecule has 180 valence electrons. The number of nitrogens with two attached hydrogens (primary N) is 2. The highest BCUT2D eigenvalue weighted by atomic mass is 31.3. The van der Waals surface area contributed by atoms with E-state index in [4.69, 9.17) is 30.9 Å². The van der Waals surface area contributed by atoms with Gasteiger partial charge in [-0.15, -0.1) is 0 Å². The highest BCUT2D eigenvalue weighted by Crippen LogP contribution is 2.66. The Labute approximate surface area is 177 Å². The third-order valence-corrected chi connectivity index (χ3v) is 7.83. The second-order valence-corrected chi connectivity index (χ2v) is 10.7. The van der Waals surface area contributed by atoms with E-state index in [2.05, 4.69) is 28.1 Å². The fraction of sp³-hybridized carbons (Fsp3) is 0.500. The van der Waals surface area contributed by atoms with Crippen LogP contribution in [0.1, 0.15) is 0 Å². The zero-order valence-corrected chi connectivity index (χ0v) is 18.1. The number of nitrogen functional groups attached to an aromatic ring is 1. The Kier molecular flexibility index (Phi) is 6.64. The smallest absolute Gasteiger partial charge is 0.387 e. The van der Waals surface area contributed by atoms with Gasteiger partial charge in [-0.05, 0) is 0 Å². The molecule has 3 heterocycles. The van der Waals surface area contributed by atoms with Crippen LogP contribution in [0.15, 0.2) is 12.7 Å². The highest BCUT2D eigenvalue weighted by Gasteiger charge is 2.55. The summed E-state index contributed by atoms with van der Waals surface area (Å²) < 4.78 is 51.7. The molecule has 0 saturated carbocycles. The molecule has 10 N–H and O–H groups in total. The number of phosphoric acid groups is 3. The normalized spacial score (nSPS) is 30.3. The van der Waals surface area contributed by atoms with Crippen molar-refractivity contribution in [3.05, 3.63) is 12.7 Å². The van der Waals surface area contributed by atoms with Gasteiger partial charge in [-0.3, -0.25) is 14.8 Å². The number of phosphoric ester groups is 1. The van der Waals surface area contributed by atoms with E-state index in [0.717, 1.165) is 17.2 Å². The topological polar surface area (TPSA) is 305 Å². The number of aromatic nitrogens is 4. The van der Waals surface area contributed by atoms with Crippen molar-refractivity contribution >= 4 is 40.4 Å². The zero-order chi connectivity index (χ0) is 24.1. The van der Waals surface area contributed by atoms with Crippen LogP contribution in [0.3, 0.4) is 0 Å². The van der Waals surface area contributed by atoms with Crippen molar-refractivity contribution in [2.45, 2.75) is 24.2 Å². The van der Waals surface area contributed by atoms with Gasteiger partial charge in [0, 0.05) is 0 Å². The number of hydrogen-bond acceptors (Lipinski definition) is 14. The summed E-state index contributed by atoms with van der Waals surface area (Å²) in [6.07, 6.45) is -3.16. The van der Waals surface area contributed by atoms with Gasteiger partial charge in [-0.2, -0.15) is 8.62 Å². The quantitative estimate of drug-likeness (QED) is 0.165. The Hall–Kier alpha value is -1.40. The lowest BCUT2D eigenvalue weighted by Crippen LogP contribution is -2.52. The van der Waals surface area contributed by atoms with Crippen molar-refractivity contribution in [1.82, 2.24) is 19.5 Å². The number of aliphatic hydroxyl groups excluding tert-OH is 2. The van der Waals surface area contributed by atoms with Crippen molar-refractivity contribution in [2.75, 3.05) is 12.3 Å². The fourth-order valence-corrected chi connectivity index (χ4v) is 5.77. The number of anilines is 1. The maximum absolute atomic E-state index is 11.8. The Morgan fingerprint density at radius 3 is 2.38 bits per heavy atom. The summed E-state index contributed by atoms with van der Waals surface area (Å²) in [7, 11) is -16.8. The molecular formula is C10H17N6O13P3. The van der Waals surface area contributed by atoms with E-state index in [9.17, 15) is 28.8 Å². The van der Waals surface area contributed by atoms with Gasteiger partial charge >= 0.3 is 23.5 Å². The summed E-state index contributed by atoms with van der Waals surface area (Å²) in [5, 5.41) is 20.6. The average Bonchev–Trinajstić information content (AvgIpc) is 3.14. The second kappa shape index (κ2) is 8.43. The number of hydrogen-bond donors (Lipinski definition) is 8. The number of aliphatic hydroxyl groups is 2. The lowest BCUT2D eigenvalue weighted by Gasteiger charge is -2.28. The first kappa shape index (κ1) is 25.2. The first-order valence-corrected chi connectivity index (χ1v) is 12.6. The third kappa shape index (κ3) is 5.22. The van der Waals surface area contributed by atoms with E-state index in [1.165, 1.54) is 0 Å². The SMILES string of the molecule is Nc1ncnc2c1ncn2[C@]1(N)O[C@H](COP(=O)(O)OP(=O)(O)OP(=O)(O)O)[C@@H](O)[C@H]1O. The van der Waals surface area contributed by atoms with Gasteiger partial charge in [-0.1, -0.05) is 0 Å². The molecule has 2 unspecified atom stereocenters. The predicted molar refractivity (Wildman–Crippen MR) is 98.6 cm³/mol. The molecule has 22 heteroatoms. The lowest BCUT2D eigenvalue weighted by molar-refractivity contribution is -0.140. The van der Waals surface area contributed by atoms with E-state index < -0.39 is 54.2 Å². The summed E-state index contributed by atoms with van der Waals surface area (Å²) in [6, 6.07) is 0. The van der Waals surface area contributed by atoms with Crippen LogP contribution in [0.5, 0.6) is 0 Å². The van der Waals surface area contributed by atoms with Gasteiger partial charge in [0.15, 0.2) is 11.5 Å². The first-order valence-electron chi connectivity index (χ1n) is 8.10. The molecule has 3 rings (SSSR count). The zero-order valence-electron chi connectivity index (χ0n) is 15.4. The van der Waals surface area contributed by atoms with E-state index in [-0.39, 0.29) is 17.0 Å². The molecule has 1 fully saturated rings. The molecule has 0 radical (unpaired) electrons. The Bertz CT molecular complexity index is 1150. The van der Waals surface area contributed by atoms with Crippen molar-refractivity contribution in [3.8, 4) is 0 Å². The summed E-state index contributed by atoms with van der Waals surface area (Å²) in [6.45, 7) is -1.05. The van der Waals surface area contributed by atoms with Gasteiger partial charge in [0.1, 0.15) is 36.5 Å². The van der Waals surface area contributed by atoms with Crippen LogP contribution >= 0.6 is 23.5 Å². The highest BCUT2D eigenvalue weighted by molar-refractivity contribution is 7.66. The van der Waals surface area contributed by atoms with Crippen molar-refractivity contribution < 1.29 is 61.4 Å². The van der Waals surface area contributed by atoms with Crippen LogP contribution < -0.4 is 11.5 Å². The second-order valence-electron chi connectivity index (χ2n) is 6.28. The largest absolute Gasteiger partial charge is 0.490 e. The minimum absolute atomic E-state index is 0.0137. The molecule has 0 aliphatic carbocycles. The Morgan fingerprint density at radius 1 is 1.09 bits per heavy atom. The van der Waals surface area contributed by atoms with Gasteiger partial charge in [-0.25, -0.2) is 28.6 Å². The van der Waals surface area contributed by atoms with Crippen molar-refractivity contribution in [3.63, 3.8) is 0 Å². The number of rotatable bonds is 8. The molecule has 0 bridgehead atoms. The summed E-state index contributed by atoms with van der Waals surface area (Å²) in [5.74, 6) is -2.24. The van der Waals surface area contributed by atoms with Crippen LogP contribution in [0.4, 0.5) is 5.82 Å². The van der Waals surface area contributed by atoms with E-state index in [0.29, 0.717) is 0 Å². The summed E-state index contributed by atoms with van der Waals surface area (Å²) in [5.41, 5.74) is 11.8. The van der Waals surface area contributed by atoms with Crippen molar-refractivity contribution in [1.29, 1.82) is 0 Å². The van der Waals surface area contributed by atoms with Gasteiger partial charge < -0.3 is 40.3 Å². The molecule has 0 aromatic carbocycles. The van der Waals surface area contributed by atoms with Crippen LogP contribution in [-0.4, -0.2) is 74.2 Å². The summed E-state index contributed by atoms with van der Waals surface area (Å²) in [4.78, 5) is 47.2. The van der Waals surface area contributed by atoms with Crippen LogP contribution in [0, 0.1) is 0 Å². The van der Waals surface area contributed by atoms with E-state index in [1.54, 1.807) is 0 Å². The molecule has 1 aliphatic heterocycles. The molecule has 32 heavy (non-hydrogen) atoms. The Balaban J connectivity index is 1.75. The van der Waals surface area contributed by atoms with Gasteiger partial charge in [0.05, 0.1) is 6.61 Å². The summed E-state index contributed by atoms with van der Waals surface area (Å²) >= 11 is 0. The molecule has 1 saturated heterocycles. The van der Waals surface area contributed by atoms with Crippen LogP contribution in [0.2, 0.25) is 0 Å². The molecule has 0 amide bonds. The fourth-order valence-electron chi connectivity index (χ4n) is 2.74. The molecule has 0 spiro atoms. The standard InChI is InChI=1S/C10H17N6O13P3/c11-8-5-9(14-2-13-8)16(3-15-5)10(12)7(18)6(17)4(27-10)1-26-31(22,23)29-32(24,25)28-30(19,20)21/h2-4,6-7,17-18H,1,12H2,(H,22,23)(H,24,25)(H2,11,13,14)(H2,19,20,21)/t4-,6-,7-,10+/m1/s1. The van der Waals surface area contributed by atoms with Crippen molar-refractivity contribution in [2.24, 2.45) is 5.73 Å². The molecule has 6 atom stereocenters. The minimum atomic E-state index is -5.74. The van der Waals surface area contributed by atoms with Crippen LogP contribution in [-0.2, 0) is 37.4 Å². The maximum Gasteiger partial charge on any atom is 0.490 e. The van der Waals surface area contributed by atoms with E-state index >= 15 is 0 Å².